The smallest absolute Gasteiger partial charge is 0.240 e. The highest BCUT2D eigenvalue weighted by Crippen LogP contribution is 2.16. The van der Waals surface area contributed by atoms with Gasteiger partial charge in [-0.1, -0.05) is 11.3 Å². The van der Waals surface area contributed by atoms with Crippen LogP contribution in [0.4, 0.5) is 10.8 Å². The molecule has 1 saturated heterocycles. The molecule has 1 fully saturated rings. The number of carbonyl (C=O) groups excluding carboxylic acids is 1. The van der Waals surface area contributed by atoms with Gasteiger partial charge in [0.2, 0.25) is 11.0 Å². The second-order valence-electron chi connectivity index (χ2n) is 5.21. The average molecular weight is 318 g/mol. The van der Waals surface area contributed by atoms with Crippen LogP contribution in [0.3, 0.4) is 0 Å². The number of rotatable bonds is 4. The summed E-state index contributed by atoms with van der Waals surface area (Å²) in [6, 6.07) is 4.13. The van der Waals surface area contributed by atoms with Gasteiger partial charge < -0.3 is 4.90 Å². The third-order valence-electron chi connectivity index (χ3n) is 3.59. The predicted octanol–water partition coefficient (Wildman–Crippen LogP) is 1.00. The fourth-order valence-electron chi connectivity index (χ4n) is 2.48. The predicted molar refractivity (Wildman–Crippen MR) is 86.2 cm³/mol. The van der Waals surface area contributed by atoms with E-state index in [9.17, 15) is 4.79 Å². The highest BCUT2D eigenvalue weighted by molar-refractivity contribution is 7.13. The highest BCUT2D eigenvalue weighted by atomic mass is 32.1. The van der Waals surface area contributed by atoms with E-state index in [4.69, 9.17) is 0 Å². The second-order valence-corrected chi connectivity index (χ2v) is 6.04. The summed E-state index contributed by atoms with van der Waals surface area (Å²) in [6.07, 6.45) is 1.84. The minimum Gasteiger partial charge on any atom is -0.369 e. The molecule has 0 aromatic carbocycles. The number of hydrogen-bond acceptors (Lipinski definition) is 7. The minimum atomic E-state index is -0.0371. The SMILES string of the molecule is Cc1cc(N2CCN(CC(=O)Nc3nncs3)CC2)ccn1. The maximum absolute atomic E-state index is 11.9. The van der Waals surface area contributed by atoms with Gasteiger partial charge in [0.15, 0.2) is 0 Å². The Kier molecular flexibility index (Phi) is 4.59. The molecule has 3 heterocycles. The van der Waals surface area contributed by atoms with Crippen LogP contribution in [0.25, 0.3) is 0 Å². The molecule has 2 aromatic rings. The molecule has 7 nitrogen and oxygen atoms in total. The van der Waals surface area contributed by atoms with E-state index in [1.165, 1.54) is 17.0 Å². The molecule has 0 aliphatic carbocycles. The zero-order valence-corrected chi connectivity index (χ0v) is 13.2. The molecule has 116 valence electrons. The van der Waals surface area contributed by atoms with Crippen LogP contribution in [0.5, 0.6) is 0 Å². The second kappa shape index (κ2) is 6.80. The molecule has 0 radical (unpaired) electrons. The Hall–Kier alpha value is -2.06. The first-order valence-corrected chi connectivity index (χ1v) is 8.04. The number of piperazine rings is 1. The zero-order valence-electron chi connectivity index (χ0n) is 12.4. The molecular weight excluding hydrogens is 300 g/mol. The maximum Gasteiger partial charge on any atom is 0.240 e. The van der Waals surface area contributed by atoms with Gasteiger partial charge in [-0.3, -0.25) is 20.0 Å². The van der Waals surface area contributed by atoms with Crippen LogP contribution < -0.4 is 10.2 Å². The van der Waals surface area contributed by atoms with Gasteiger partial charge in [0.1, 0.15) is 5.51 Å². The van der Waals surface area contributed by atoms with Crippen molar-refractivity contribution in [2.75, 3.05) is 42.9 Å². The first-order chi connectivity index (χ1) is 10.7. The summed E-state index contributed by atoms with van der Waals surface area (Å²) in [5.41, 5.74) is 3.83. The molecule has 2 aromatic heterocycles. The molecule has 3 rings (SSSR count). The number of nitrogens with one attached hydrogen (secondary N) is 1. The maximum atomic E-state index is 11.9. The Morgan fingerprint density at radius 2 is 2.18 bits per heavy atom. The Morgan fingerprint density at radius 1 is 1.36 bits per heavy atom. The van der Waals surface area contributed by atoms with Crippen molar-refractivity contribution in [3.8, 4) is 0 Å². The third kappa shape index (κ3) is 3.77. The van der Waals surface area contributed by atoms with Gasteiger partial charge in [0, 0.05) is 43.8 Å². The highest BCUT2D eigenvalue weighted by Gasteiger charge is 2.19. The summed E-state index contributed by atoms with van der Waals surface area (Å²) < 4.78 is 0. The van der Waals surface area contributed by atoms with Gasteiger partial charge in [-0.2, -0.15) is 0 Å². The third-order valence-corrected chi connectivity index (χ3v) is 4.20. The molecule has 0 unspecified atom stereocenters. The lowest BCUT2D eigenvalue weighted by molar-refractivity contribution is -0.117. The summed E-state index contributed by atoms with van der Waals surface area (Å²) in [5.74, 6) is -0.0371. The van der Waals surface area contributed by atoms with E-state index in [-0.39, 0.29) is 5.91 Å². The molecule has 1 aliphatic heterocycles. The topological polar surface area (TPSA) is 74.2 Å². The monoisotopic (exact) mass is 318 g/mol. The summed E-state index contributed by atoms with van der Waals surface area (Å²) in [6.45, 7) is 5.95. The van der Waals surface area contributed by atoms with Crippen LogP contribution >= 0.6 is 11.3 Å². The summed E-state index contributed by atoms with van der Waals surface area (Å²) in [5, 5.41) is 10.8. The summed E-state index contributed by atoms with van der Waals surface area (Å²) >= 11 is 1.33. The molecule has 1 N–H and O–H groups in total. The zero-order chi connectivity index (χ0) is 15.4. The van der Waals surface area contributed by atoms with Crippen molar-refractivity contribution in [1.29, 1.82) is 0 Å². The van der Waals surface area contributed by atoms with E-state index in [1.54, 1.807) is 5.51 Å². The Labute approximate surface area is 133 Å². The van der Waals surface area contributed by atoms with E-state index in [1.807, 2.05) is 19.2 Å². The van der Waals surface area contributed by atoms with Crippen molar-refractivity contribution in [3.05, 3.63) is 29.5 Å². The van der Waals surface area contributed by atoms with Gasteiger partial charge in [-0.15, -0.1) is 10.2 Å². The van der Waals surface area contributed by atoms with Gasteiger partial charge in [-0.05, 0) is 19.1 Å². The molecule has 0 saturated carbocycles. The molecule has 22 heavy (non-hydrogen) atoms. The first kappa shape index (κ1) is 14.9. The lowest BCUT2D eigenvalue weighted by Gasteiger charge is -2.35. The molecule has 0 atom stereocenters. The number of aryl methyl sites for hydroxylation is 1. The fraction of sp³-hybridized carbons (Fsp3) is 0.429. The van der Waals surface area contributed by atoms with Crippen molar-refractivity contribution < 1.29 is 4.79 Å². The molecule has 8 heteroatoms. The van der Waals surface area contributed by atoms with E-state index in [2.05, 4.69) is 36.4 Å². The van der Waals surface area contributed by atoms with E-state index >= 15 is 0 Å². The standard InChI is InChI=1S/C14H18N6OS/c1-11-8-12(2-3-15-11)20-6-4-19(5-7-20)9-13(21)17-14-18-16-10-22-14/h2-3,8,10H,4-7,9H2,1H3,(H,17,18,21). The summed E-state index contributed by atoms with van der Waals surface area (Å²) in [4.78, 5) is 20.6. The Balaban J connectivity index is 1.48. The largest absolute Gasteiger partial charge is 0.369 e. The van der Waals surface area contributed by atoms with Gasteiger partial charge in [0.25, 0.3) is 0 Å². The van der Waals surface area contributed by atoms with Crippen molar-refractivity contribution in [2.45, 2.75) is 6.92 Å². The van der Waals surface area contributed by atoms with Crippen LogP contribution in [0.2, 0.25) is 0 Å². The normalized spacial score (nSPS) is 15.8. The molecule has 1 aliphatic rings. The number of amides is 1. The van der Waals surface area contributed by atoms with Crippen molar-refractivity contribution in [1.82, 2.24) is 20.1 Å². The number of hydrogen-bond donors (Lipinski definition) is 1. The van der Waals surface area contributed by atoms with Crippen molar-refractivity contribution >= 4 is 28.1 Å². The van der Waals surface area contributed by atoms with Crippen molar-refractivity contribution in [3.63, 3.8) is 0 Å². The van der Waals surface area contributed by atoms with Crippen LogP contribution in [0, 0.1) is 6.92 Å². The van der Waals surface area contributed by atoms with E-state index in [0.29, 0.717) is 11.7 Å². The number of aromatic nitrogens is 3. The average Bonchev–Trinajstić information content (AvgIpc) is 3.01. The van der Waals surface area contributed by atoms with Crippen LogP contribution in [0.15, 0.2) is 23.8 Å². The number of nitrogens with zero attached hydrogens (tertiary/aromatic N) is 5. The molecular formula is C14H18N6OS. The Morgan fingerprint density at radius 3 is 2.86 bits per heavy atom. The van der Waals surface area contributed by atoms with Crippen molar-refractivity contribution in [2.24, 2.45) is 0 Å². The van der Waals surface area contributed by atoms with Crippen LogP contribution in [-0.2, 0) is 4.79 Å². The van der Waals surface area contributed by atoms with Crippen LogP contribution in [-0.4, -0.2) is 58.7 Å². The number of pyridine rings is 1. The molecule has 0 spiro atoms. The fourth-order valence-corrected chi connectivity index (χ4v) is 2.94. The van der Waals surface area contributed by atoms with E-state index < -0.39 is 0 Å². The van der Waals surface area contributed by atoms with Gasteiger partial charge >= 0.3 is 0 Å². The van der Waals surface area contributed by atoms with E-state index in [0.717, 1.165) is 31.9 Å². The summed E-state index contributed by atoms with van der Waals surface area (Å²) in [7, 11) is 0. The van der Waals surface area contributed by atoms with Gasteiger partial charge in [-0.25, -0.2) is 0 Å². The van der Waals surface area contributed by atoms with Gasteiger partial charge in [0.05, 0.1) is 6.54 Å². The number of carbonyl (C=O) groups is 1. The minimum absolute atomic E-state index is 0.0371. The lowest BCUT2D eigenvalue weighted by Crippen LogP contribution is -2.48. The first-order valence-electron chi connectivity index (χ1n) is 7.17. The number of anilines is 2. The van der Waals surface area contributed by atoms with Crippen LogP contribution in [0.1, 0.15) is 5.69 Å². The molecule has 0 bridgehead atoms. The lowest BCUT2D eigenvalue weighted by atomic mass is 10.2. The quantitative estimate of drug-likeness (QED) is 0.906. The molecule has 1 amide bonds. The Bertz CT molecular complexity index is 624.